The molecule has 0 spiro atoms. The minimum Gasteiger partial charge on any atom is -0.493 e. The third-order valence-corrected chi connectivity index (χ3v) is 4.20. The van der Waals surface area contributed by atoms with Crippen molar-refractivity contribution in [1.82, 2.24) is 19.9 Å². The van der Waals surface area contributed by atoms with Gasteiger partial charge in [-0.1, -0.05) is 6.07 Å². The Morgan fingerprint density at radius 2 is 2.00 bits per heavy atom. The highest BCUT2D eigenvalue weighted by Gasteiger charge is 2.10. The normalized spacial score (nSPS) is 10.6. The Balaban J connectivity index is 1.44. The number of methoxy groups -OCH3 is 1. The van der Waals surface area contributed by atoms with Gasteiger partial charge in [-0.25, -0.2) is 0 Å². The van der Waals surface area contributed by atoms with E-state index in [9.17, 15) is 9.59 Å². The molecule has 0 aliphatic rings. The van der Waals surface area contributed by atoms with E-state index in [2.05, 4.69) is 15.5 Å². The summed E-state index contributed by atoms with van der Waals surface area (Å²) < 4.78 is 12.8. The van der Waals surface area contributed by atoms with Crippen molar-refractivity contribution < 1.29 is 19.1 Å². The Labute approximate surface area is 162 Å². The van der Waals surface area contributed by atoms with Crippen molar-refractivity contribution in [2.24, 2.45) is 0 Å². The van der Waals surface area contributed by atoms with Crippen LogP contribution in [-0.4, -0.2) is 40.0 Å². The molecule has 28 heavy (non-hydrogen) atoms. The van der Waals surface area contributed by atoms with Crippen molar-refractivity contribution in [3.8, 4) is 11.5 Å². The zero-order valence-corrected chi connectivity index (χ0v) is 15.8. The van der Waals surface area contributed by atoms with E-state index in [-0.39, 0.29) is 11.7 Å². The van der Waals surface area contributed by atoms with E-state index < -0.39 is 0 Å². The van der Waals surface area contributed by atoms with Crippen LogP contribution in [0.4, 0.5) is 0 Å². The van der Waals surface area contributed by atoms with Gasteiger partial charge in [0.1, 0.15) is 0 Å². The molecule has 1 aromatic carbocycles. The van der Waals surface area contributed by atoms with Crippen molar-refractivity contribution in [3.05, 3.63) is 54.0 Å². The number of aromatic nitrogens is 3. The van der Waals surface area contributed by atoms with Gasteiger partial charge in [0.25, 0.3) is 0 Å². The predicted octanol–water partition coefficient (Wildman–Crippen LogP) is 2.42. The van der Waals surface area contributed by atoms with Gasteiger partial charge in [-0.2, -0.15) is 0 Å². The number of rotatable bonds is 9. The second-order valence-corrected chi connectivity index (χ2v) is 6.20. The number of carbonyl (C=O) groups excluding carboxylic acids is 2. The Morgan fingerprint density at radius 3 is 2.79 bits per heavy atom. The molecule has 2 aromatic heterocycles. The zero-order valence-electron chi connectivity index (χ0n) is 15.8. The van der Waals surface area contributed by atoms with E-state index >= 15 is 0 Å². The molecule has 0 unspecified atom stereocenters. The number of fused-ring (bicyclic) bond motifs is 1. The number of ether oxygens (including phenoxy) is 2. The molecule has 146 valence electrons. The largest absolute Gasteiger partial charge is 0.493 e. The van der Waals surface area contributed by atoms with Crippen molar-refractivity contribution in [3.63, 3.8) is 0 Å². The predicted molar refractivity (Wildman–Crippen MR) is 103 cm³/mol. The molecular formula is C20H22N4O4. The number of benzene rings is 1. The fourth-order valence-electron chi connectivity index (χ4n) is 2.70. The molecule has 3 aromatic rings. The molecule has 0 atom stereocenters. The second-order valence-electron chi connectivity index (χ2n) is 6.20. The van der Waals surface area contributed by atoms with Gasteiger partial charge >= 0.3 is 0 Å². The molecule has 1 amide bonds. The fraction of sp³-hybridized carbons (Fsp3) is 0.300. The number of amides is 1. The average molecular weight is 382 g/mol. The lowest BCUT2D eigenvalue weighted by Gasteiger charge is -2.11. The lowest BCUT2D eigenvalue weighted by Crippen LogP contribution is -2.24. The molecule has 0 bridgehead atoms. The summed E-state index contributed by atoms with van der Waals surface area (Å²) >= 11 is 0. The third kappa shape index (κ3) is 4.64. The Hall–Kier alpha value is -3.42. The Morgan fingerprint density at radius 1 is 1.14 bits per heavy atom. The summed E-state index contributed by atoms with van der Waals surface area (Å²) in [5.41, 5.74) is 1.30. The van der Waals surface area contributed by atoms with Crippen LogP contribution in [0.5, 0.6) is 11.5 Å². The summed E-state index contributed by atoms with van der Waals surface area (Å²) in [6, 6.07) is 10.7. The highest BCUT2D eigenvalue weighted by molar-refractivity contribution is 5.94. The number of nitrogens with zero attached hydrogens (tertiary/aromatic N) is 3. The topological polar surface area (TPSA) is 94.8 Å². The number of hydrogen-bond acceptors (Lipinski definition) is 6. The summed E-state index contributed by atoms with van der Waals surface area (Å²) in [7, 11) is 1.52. The Kier molecular flexibility index (Phi) is 6.21. The highest BCUT2D eigenvalue weighted by Crippen LogP contribution is 2.28. The van der Waals surface area contributed by atoms with Gasteiger partial charge in [-0.3, -0.25) is 14.0 Å². The van der Waals surface area contributed by atoms with E-state index in [1.54, 1.807) is 18.2 Å². The van der Waals surface area contributed by atoms with Crippen molar-refractivity contribution >= 4 is 17.3 Å². The van der Waals surface area contributed by atoms with Gasteiger partial charge < -0.3 is 14.8 Å². The second kappa shape index (κ2) is 8.98. The molecule has 2 heterocycles. The van der Waals surface area contributed by atoms with Crippen LogP contribution in [0.25, 0.3) is 5.65 Å². The summed E-state index contributed by atoms with van der Waals surface area (Å²) in [5, 5.41) is 11.0. The molecule has 8 heteroatoms. The van der Waals surface area contributed by atoms with Gasteiger partial charge in [0, 0.05) is 18.2 Å². The number of ketones is 1. The van der Waals surface area contributed by atoms with Crippen LogP contribution in [0.3, 0.4) is 0 Å². The number of nitrogens with one attached hydrogen (secondary N) is 1. The first-order valence-electron chi connectivity index (χ1n) is 8.95. The Bertz CT molecular complexity index is 983. The highest BCUT2D eigenvalue weighted by atomic mass is 16.5. The van der Waals surface area contributed by atoms with E-state index in [0.29, 0.717) is 48.9 Å². The summed E-state index contributed by atoms with van der Waals surface area (Å²) in [6.45, 7) is 2.17. The van der Waals surface area contributed by atoms with Crippen LogP contribution >= 0.6 is 0 Å². The molecule has 0 fully saturated rings. The third-order valence-electron chi connectivity index (χ3n) is 4.20. The minimum atomic E-state index is -0.0878. The molecule has 0 radical (unpaired) electrons. The van der Waals surface area contributed by atoms with Crippen molar-refractivity contribution in [1.29, 1.82) is 0 Å². The first kappa shape index (κ1) is 19.3. The van der Waals surface area contributed by atoms with E-state index in [1.807, 2.05) is 28.8 Å². The number of carbonyl (C=O) groups is 2. The van der Waals surface area contributed by atoms with Crippen LogP contribution < -0.4 is 14.8 Å². The minimum absolute atomic E-state index is 0.0398. The quantitative estimate of drug-likeness (QED) is 0.451. The molecular weight excluding hydrogens is 360 g/mol. The SMILES string of the molecule is COc1cc(C(C)=O)ccc1OCCCC(=O)NCc1nnc2ccccn12. The molecule has 3 rings (SSSR count). The maximum Gasteiger partial charge on any atom is 0.220 e. The number of pyridine rings is 1. The standard InChI is InChI=1S/C20H22N4O4/c1-14(25)15-8-9-16(17(12-15)27-2)28-11-5-7-20(26)21-13-19-23-22-18-6-3-4-10-24(18)19/h3-4,6,8-10,12H,5,7,11,13H2,1-2H3,(H,21,26). The molecule has 8 nitrogen and oxygen atoms in total. The first-order valence-corrected chi connectivity index (χ1v) is 8.95. The molecule has 0 aliphatic carbocycles. The zero-order chi connectivity index (χ0) is 19.9. The van der Waals surface area contributed by atoms with Gasteiger partial charge in [0.05, 0.1) is 20.3 Å². The van der Waals surface area contributed by atoms with Crippen molar-refractivity contribution in [2.75, 3.05) is 13.7 Å². The monoisotopic (exact) mass is 382 g/mol. The van der Waals surface area contributed by atoms with Gasteiger partial charge in [0.2, 0.25) is 5.91 Å². The lowest BCUT2D eigenvalue weighted by atomic mass is 10.1. The fourth-order valence-corrected chi connectivity index (χ4v) is 2.70. The maximum absolute atomic E-state index is 12.0. The number of Topliss-reactive ketones (excluding diaryl/α,β-unsaturated/α-hetero) is 1. The summed E-state index contributed by atoms with van der Waals surface area (Å²) in [5.74, 6) is 1.59. The van der Waals surface area contributed by atoms with Gasteiger partial charge in [0.15, 0.2) is 28.8 Å². The smallest absolute Gasteiger partial charge is 0.220 e. The van der Waals surface area contributed by atoms with E-state index in [1.165, 1.54) is 14.0 Å². The van der Waals surface area contributed by atoms with E-state index in [4.69, 9.17) is 9.47 Å². The van der Waals surface area contributed by atoms with Gasteiger partial charge in [-0.05, 0) is 43.7 Å². The van der Waals surface area contributed by atoms with Crippen LogP contribution in [-0.2, 0) is 11.3 Å². The molecule has 0 saturated carbocycles. The summed E-state index contributed by atoms with van der Waals surface area (Å²) in [6.07, 6.45) is 2.73. The van der Waals surface area contributed by atoms with Crippen LogP contribution in [0.1, 0.15) is 35.9 Å². The maximum atomic E-state index is 12.0. The van der Waals surface area contributed by atoms with E-state index in [0.717, 1.165) is 5.65 Å². The van der Waals surface area contributed by atoms with Crippen LogP contribution in [0.2, 0.25) is 0 Å². The molecule has 1 N–H and O–H groups in total. The average Bonchev–Trinajstić information content (AvgIpc) is 3.12. The lowest BCUT2D eigenvalue weighted by molar-refractivity contribution is -0.121. The van der Waals surface area contributed by atoms with Crippen LogP contribution in [0.15, 0.2) is 42.6 Å². The number of hydrogen-bond donors (Lipinski definition) is 1. The van der Waals surface area contributed by atoms with Gasteiger partial charge in [-0.15, -0.1) is 10.2 Å². The van der Waals surface area contributed by atoms with Crippen molar-refractivity contribution in [2.45, 2.75) is 26.3 Å². The van der Waals surface area contributed by atoms with Crippen LogP contribution in [0, 0.1) is 0 Å². The molecule has 0 saturated heterocycles. The summed E-state index contributed by atoms with van der Waals surface area (Å²) in [4.78, 5) is 23.5. The molecule has 0 aliphatic heterocycles. The first-order chi connectivity index (χ1) is 13.6.